The maximum absolute atomic E-state index is 13.8. The number of carbonyl (C=O) groups excluding carboxylic acids is 1. The zero-order chi connectivity index (χ0) is 17.8. The minimum atomic E-state index is -1.08. The highest BCUT2D eigenvalue weighted by Crippen LogP contribution is 2.30. The quantitative estimate of drug-likeness (QED) is 0.930. The number of amides is 1. The molecular weight excluding hydrogens is 323 g/mol. The van der Waals surface area contributed by atoms with Gasteiger partial charge in [0.25, 0.3) is 5.91 Å². The van der Waals surface area contributed by atoms with Gasteiger partial charge in [0.15, 0.2) is 0 Å². The molecule has 0 aromatic heterocycles. The highest BCUT2D eigenvalue weighted by molar-refractivity contribution is 5.99. The van der Waals surface area contributed by atoms with Gasteiger partial charge in [-0.25, -0.2) is 4.39 Å². The summed E-state index contributed by atoms with van der Waals surface area (Å²) in [4.78, 5) is 12.5. The summed E-state index contributed by atoms with van der Waals surface area (Å²) in [6, 6.07) is 12.0. The number of methoxy groups -OCH3 is 1. The molecule has 1 atom stereocenters. The molecule has 3 rings (SSSR count). The van der Waals surface area contributed by atoms with E-state index < -0.39 is 17.8 Å². The fourth-order valence-electron chi connectivity index (χ4n) is 2.53. The molecule has 1 aliphatic heterocycles. The van der Waals surface area contributed by atoms with Crippen molar-refractivity contribution in [1.82, 2.24) is 5.32 Å². The minimum Gasteiger partial charge on any atom is -0.497 e. The van der Waals surface area contributed by atoms with Crippen molar-refractivity contribution >= 4 is 12.0 Å². The van der Waals surface area contributed by atoms with Gasteiger partial charge in [-0.05, 0) is 30.3 Å². The first-order valence-corrected chi connectivity index (χ1v) is 7.58. The van der Waals surface area contributed by atoms with Gasteiger partial charge in [-0.2, -0.15) is 5.26 Å². The monoisotopic (exact) mass is 338 g/mol. The summed E-state index contributed by atoms with van der Waals surface area (Å²) in [7, 11) is 1.55. The first-order chi connectivity index (χ1) is 12.1. The summed E-state index contributed by atoms with van der Waals surface area (Å²) in [6.07, 6.45) is 1.67. The van der Waals surface area contributed by atoms with Crippen LogP contribution >= 0.6 is 0 Å². The van der Waals surface area contributed by atoms with Crippen LogP contribution in [0.2, 0.25) is 0 Å². The van der Waals surface area contributed by atoms with Crippen LogP contribution in [0.15, 0.2) is 48.0 Å². The van der Waals surface area contributed by atoms with Gasteiger partial charge in [0.1, 0.15) is 30.0 Å². The largest absolute Gasteiger partial charge is 0.497 e. The number of benzene rings is 2. The fraction of sp³-hybridized carbons (Fsp3) is 0.158. The lowest BCUT2D eigenvalue weighted by molar-refractivity contribution is -0.118. The summed E-state index contributed by atoms with van der Waals surface area (Å²) in [5.74, 6) is 0.256. The Morgan fingerprint density at radius 2 is 2.16 bits per heavy atom. The second kappa shape index (κ2) is 7.05. The molecule has 0 spiro atoms. The summed E-state index contributed by atoms with van der Waals surface area (Å²) in [5, 5.41) is 11.8. The maximum atomic E-state index is 13.8. The maximum Gasteiger partial charge on any atom is 0.251 e. The van der Waals surface area contributed by atoms with Crippen molar-refractivity contribution in [3.05, 3.63) is 65.0 Å². The molecule has 0 unspecified atom stereocenters. The van der Waals surface area contributed by atoms with E-state index in [-0.39, 0.29) is 12.2 Å². The van der Waals surface area contributed by atoms with Crippen LogP contribution in [0.25, 0.3) is 6.08 Å². The van der Waals surface area contributed by atoms with Gasteiger partial charge in [0, 0.05) is 11.1 Å². The number of carbonyl (C=O) groups is 1. The van der Waals surface area contributed by atoms with Crippen molar-refractivity contribution in [3.8, 4) is 17.6 Å². The Morgan fingerprint density at radius 3 is 2.88 bits per heavy atom. The third-order valence-electron chi connectivity index (χ3n) is 3.84. The number of nitrogens with one attached hydrogen (secondary N) is 1. The van der Waals surface area contributed by atoms with Crippen molar-refractivity contribution in [2.24, 2.45) is 0 Å². The Bertz CT molecular complexity index is 886. The molecule has 1 N–H and O–H groups in total. The zero-order valence-electron chi connectivity index (χ0n) is 13.5. The molecule has 0 bridgehead atoms. The van der Waals surface area contributed by atoms with Crippen LogP contribution in [0.5, 0.6) is 11.5 Å². The van der Waals surface area contributed by atoms with Gasteiger partial charge in [-0.1, -0.05) is 18.2 Å². The van der Waals surface area contributed by atoms with E-state index >= 15 is 0 Å². The molecule has 0 saturated carbocycles. The smallest absolute Gasteiger partial charge is 0.251 e. The SMILES string of the molecule is COc1ccc2c(c1)C=C(C(=O)N[C@@H](C#N)c1ccccc1F)CO2. The first kappa shape index (κ1) is 16.5. The van der Waals surface area contributed by atoms with E-state index in [1.165, 1.54) is 18.2 Å². The van der Waals surface area contributed by atoms with Crippen molar-refractivity contribution in [3.63, 3.8) is 0 Å². The number of hydrogen-bond donors (Lipinski definition) is 1. The molecule has 0 aliphatic carbocycles. The third kappa shape index (κ3) is 3.45. The van der Waals surface area contributed by atoms with E-state index in [1.807, 2.05) is 6.07 Å². The summed E-state index contributed by atoms with van der Waals surface area (Å²) >= 11 is 0. The minimum absolute atomic E-state index is 0.0700. The average molecular weight is 338 g/mol. The Labute approximate surface area is 144 Å². The van der Waals surface area contributed by atoms with Crippen molar-refractivity contribution in [2.45, 2.75) is 6.04 Å². The van der Waals surface area contributed by atoms with Crippen LogP contribution in [0, 0.1) is 17.1 Å². The molecule has 1 aliphatic rings. The van der Waals surface area contributed by atoms with Crippen LogP contribution in [-0.2, 0) is 4.79 Å². The summed E-state index contributed by atoms with van der Waals surface area (Å²) < 4.78 is 24.6. The highest BCUT2D eigenvalue weighted by atomic mass is 19.1. The third-order valence-corrected chi connectivity index (χ3v) is 3.84. The Kier molecular flexibility index (Phi) is 4.66. The Balaban J connectivity index is 1.82. The van der Waals surface area contributed by atoms with E-state index in [2.05, 4.69) is 5.32 Å². The number of nitriles is 1. The Morgan fingerprint density at radius 1 is 1.36 bits per heavy atom. The van der Waals surface area contributed by atoms with Gasteiger partial charge in [-0.3, -0.25) is 4.79 Å². The van der Waals surface area contributed by atoms with Gasteiger partial charge in [-0.15, -0.1) is 0 Å². The number of rotatable bonds is 4. The molecule has 5 nitrogen and oxygen atoms in total. The van der Waals surface area contributed by atoms with Gasteiger partial charge in [0.2, 0.25) is 0 Å². The molecule has 6 heteroatoms. The van der Waals surface area contributed by atoms with Gasteiger partial charge in [0.05, 0.1) is 18.8 Å². The molecule has 0 fully saturated rings. The number of ether oxygens (including phenoxy) is 2. The molecule has 0 saturated heterocycles. The van der Waals surface area contributed by atoms with Gasteiger partial charge >= 0.3 is 0 Å². The fourth-order valence-corrected chi connectivity index (χ4v) is 2.53. The molecule has 25 heavy (non-hydrogen) atoms. The normalized spacial score (nSPS) is 13.6. The molecule has 2 aromatic rings. The van der Waals surface area contributed by atoms with E-state index in [0.717, 1.165) is 0 Å². The second-order valence-electron chi connectivity index (χ2n) is 5.42. The lowest BCUT2D eigenvalue weighted by atomic mass is 10.0. The van der Waals surface area contributed by atoms with E-state index in [1.54, 1.807) is 37.5 Å². The lowest BCUT2D eigenvalue weighted by Gasteiger charge is -2.19. The second-order valence-corrected chi connectivity index (χ2v) is 5.42. The molecule has 0 radical (unpaired) electrons. The standard InChI is InChI=1S/C19H15FN2O3/c1-24-14-6-7-18-12(9-14)8-13(11-25-18)19(23)22-17(10-21)15-4-2-3-5-16(15)20/h2-9,17H,11H2,1H3,(H,22,23)/t17-/m0/s1. The van der Waals surface area contributed by atoms with E-state index in [4.69, 9.17) is 9.47 Å². The molecule has 1 heterocycles. The van der Waals surface area contributed by atoms with Crippen LogP contribution in [-0.4, -0.2) is 19.6 Å². The number of hydrogen-bond acceptors (Lipinski definition) is 4. The Hall–Kier alpha value is -3.33. The number of nitrogens with zero attached hydrogens (tertiary/aromatic N) is 1. The van der Waals surface area contributed by atoms with Crippen molar-refractivity contribution < 1.29 is 18.7 Å². The molecule has 126 valence electrons. The predicted octanol–water partition coefficient (Wildman–Crippen LogP) is 2.99. The van der Waals surface area contributed by atoms with E-state index in [9.17, 15) is 14.4 Å². The average Bonchev–Trinajstić information content (AvgIpc) is 2.65. The summed E-state index contributed by atoms with van der Waals surface area (Å²) in [6.45, 7) is 0.0700. The lowest BCUT2D eigenvalue weighted by Crippen LogP contribution is -2.32. The van der Waals surface area contributed by atoms with Crippen LogP contribution in [0.3, 0.4) is 0 Å². The van der Waals surface area contributed by atoms with Crippen LogP contribution in [0.4, 0.5) is 4.39 Å². The van der Waals surface area contributed by atoms with Crippen LogP contribution in [0.1, 0.15) is 17.2 Å². The topological polar surface area (TPSA) is 71.3 Å². The van der Waals surface area contributed by atoms with Crippen molar-refractivity contribution in [1.29, 1.82) is 5.26 Å². The number of halogens is 1. The summed E-state index contributed by atoms with van der Waals surface area (Å²) in [5.41, 5.74) is 1.17. The zero-order valence-corrected chi connectivity index (χ0v) is 13.5. The number of fused-ring (bicyclic) bond motifs is 1. The molecular formula is C19H15FN2O3. The highest BCUT2D eigenvalue weighted by Gasteiger charge is 2.22. The predicted molar refractivity (Wildman–Crippen MR) is 89.4 cm³/mol. The van der Waals surface area contributed by atoms with E-state index in [0.29, 0.717) is 22.6 Å². The molecule has 1 amide bonds. The van der Waals surface area contributed by atoms with Gasteiger partial charge < -0.3 is 14.8 Å². The molecule has 2 aromatic carbocycles. The van der Waals surface area contributed by atoms with Crippen molar-refractivity contribution in [2.75, 3.05) is 13.7 Å². The first-order valence-electron chi connectivity index (χ1n) is 7.58. The van der Waals surface area contributed by atoms with Crippen LogP contribution < -0.4 is 14.8 Å².